The Morgan fingerprint density at radius 1 is 1.18 bits per heavy atom. The van der Waals surface area contributed by atoms with Crippen LogP contribution in [0.1, 0.15) is 40.5 Å². The van der Waals surface area contributed by atoms with Crippen molar-refractivity contribution in [3.8, 4) is 0 Å². The molecule has 0 atom stereocenters. The van der Waals surface area contributed by atoms with Gasteiger partial charge in [0.2, 0.25) is 0 Å². The summed E-state index contributed by atoms with van der Waals surface area (Å²) in [7, 11) is 0. The maximum Gasteiger partial charge on any atom is 1.00 e. The largest absolute Gasteiger partial charge is 1.00 e. The molecular formula is C9H20CuLi. The molecule has 0 saturated heterocycles. The van der Waals surface area contributed by atoms with Gasteiger partial charge in [-0.2, -0.15) is 11.8 Å². The zero-order chi connectivity index (χ0) is 7.91. The molecule has 0 aliphatic heterocycles. The van der Waals surface area contributed by atoms with Gasteiger partial charge < -0.3 is 13.8 Å². The molecule has 0 rings (SSSR count). The van der Waals surface area contributed by atoms with Gasteiger partial charge >= 0.3 is 35.9 Å². The summed E-state index contributed by atoms with van der Waals surface area (Å²) in [5, 5.41) is 0. The van der Waals surface area contributed by atoms with Crippen LogP contribution in [0.5, 0.6) is 0 Å². The summed E-state index contributed by atoms with van der Waals surface area (Å²) in [6, 6.07) is 0. The fourth-order valence-electron chi connectivity index (χ4n) is 0. The first kappa shape index (κ1) is 22.7. The molecule has 0 aromatic heterocycles. The molecule has 0 nitrogen and oxygen atoms in total. The molecule has 68 valence electrons. The molecule has 0 amide bonds. The van der Waals surface area contributed by atoms with Crippen LogP contribution in [-0.4, -0.2) is 0 Å². The number of hydrogen-bond acceptors (Lipinski definition) is 0. The van der Waals surface area contributed by atoms with Crippen molar-refractivity contribution in [2.24, 2.45) is 5.41 Å². The van der Waals surface area contributed by atoms with Gasteiger partial charge in [0.15, 0.2) is 0 Å². The number of rotatable bonds is 1. The van der Waals surface area contributed by atoms with E-state index in [-0.39, 0.29) is 41.3 Å². The predicted octanol–water partition coefficient (Wildman–Crippen LogP) is 0.489. The van der Waals surface area contributed by atoms with Crippen molar-refractivity contribution in [3.63, 3.8) is 0 Å². The summed E-state index contributed by atoms with van der Waals surface area (Å²) in [5.74, 6) is 0. The first-order valence-electron chi connectivity index (χ1n) is 3.56. The predicted molar refractivity (Wildman–Crippen MR) is 45.1 cm³/mol. The smallest absolute Gasteiger partial charge is 0.343 e. The van der Waals surface area contributed by atoms with Crippen LogP contribution >= 0.6 is 0 Å². The van der Waals surface area contributed by atoms with Crippen LogP contribution in [0.15, 0.2) is 0 Å². The van der Waals surface area contributed by atoms with Crippen molar-refractivity contribution in [2.75, 3.05) is 0 Å². The van der Waals surface area contributed by atoms with Crippen molar-refractivity contribution in [3.05, 3.63) is 13.8 Å². The fraction of sp³-hybridized carbons (Fsp3) is 0.778. The minimum absolute atomic E-state index is 0. The molecule has 0 bridgehead atoms. The molecule has 0 aliphatic rings. The zero-order valence-electron chi connectivity index (χ0n) is 8.63. The van der Waals surface area contributed by atoms with Crippen LogP contribution in [0.2, 0.25) is 0 Å². The first-order chi connectivity index (χ1) is 3.91. The summed E-state index contributed by atoms with van der Waals surface area (Å²) >= 11 is 0. The Bertz CT molecular complexity index is 40.0. The molecule has 0 fully saturated rings. The van der Waals surface area contributed by atoms with Gasteiger partial charge in [-0.05, 0) is 0 Å². The molecule has 0 N–H and O–H groups in total. The summed E-state index contributed by atoms with van der Waals surface area (Å²) in [5.41, 5.74) is 0.250. The van der Waals surface area contributed by atoms with E-state index in [1.54, 1.807) is 0 Å². The zero-order valence-corrected chi connectivity index (χ0v) is 9.57. The molecule has 0 unspecified atom stereocenters. The average Bonchev–Trinajstić information content (AvgIpc) is 1.61. The Labute approximate surface area is 95.6 Å². The third-order valence-electron chi connectivity index (χ3n) is 0.354. The van der Waals surface area contributed by atoms with E-state index in [0.717, 1.165) is 6.42 Å². The van der Waals surface area contributed by atoms with Crippen molar-refractivity contribution in [2.45, 2.75) is 40.5 Å². The molecule has 0 radical (unpaired) electrons. The molecule has 0 spiro atoms. The second-order valence-corrected chi connectivity index (χ2v) is 3.41. The van der Waals surface area contributed by atoms with Crippen molar-refractivity contribution >= 4 is 0 Å². The van der Waals surface area contributed by atoms with Crippen LogP contribution in [0.4, 0.5) is 0 Å². The Morgan fingerprint density at radius 3 is 1.27 bits per heavy atom. The maximum absolute atomic E-state index is 3.77. The molecule has 11 heavy (non-hydrogen) atoms. The van der Waals surface area contributed by atoms with E-state index >= 15 is 0 Å². The van der Waals surface area contributed by atoms with Gasteiger partial charge in [0.1, 0.15) is 0 Å². The number of hydrogen-bond donors (Lipinski definition) is 0. The third kappa shape index (κ3) is 206. The van der Waals surface area contributed by atoms with Gasteiger partial charge in [-0.3, -0.25) is 0 Å². The Balaban J connectivity index is -0.0000000383. The van der Waals surface area contributed by atoms with E-state index in [2.05, 4.69) is 41.5 Å². The van der Waals surface area contributed by atoms with Gasteiger partial charge in [0, 0.05) is 0 Å². The molecule has 0 aromatic carbocycles. The molecule has 0 saturated carbocycles. The normalized spacial score (nSPS) is 8.18. The van der Waals surface area contributed by atoms with E-state index in [1.165, 1.54) is 6.42 Å². The van der Waals surface area contributed by atoms with Crippen LogP contribution in [0.25, 0.3) is 0 Å². The van der Waals surface area contributed by atoms with Crippen molar-refractivity contribution < 1.29 is 35.9 Å². The fourth-order valence-corrected chi connectivity index (χ4v) is 0. The van der Waals surface area contributed by atoms with Gasteiger partial charge in [-0.15, -0.1) is 0 Å². The molecule has 2 heteroatoms. The molecular weight excluding hydrogens is 179 g/mol. The Kier molecular flexibility index (Phi) is 28.3. The Hall–Kier alpha value is 1.12. The van der Waals surface area contributed by atoms with Crippen molar-refractivity contribution in [1.29, 1.82) is 0 Å². The average molecular weight is 199 g/mol. The summed E-state index contributed by atoms with van der Waals surface area (Å²) in [6.45, 7) is 15.7. The van der Waals surface area contributed by atoms with Gasteiger partial charge in [-0.25, -0.2) is 0 Å². The quantitative estimate of drug-likeness (QED) is 0.425. The third-order valence-corrected chi connectivity index (χ3v) is 0.354. The number of unbranched alkanes of at least 4 members (excludes halogenated alkanes) is 1. The summed E-state index contributed by atoms with van der Waals surface area (Å²) in [6.07, 6.45) is 2.28. The molecule has 0 aromatic rings. The first-order valence-corrected chi connectivity index (χ1v) is 3.56. The minimum atomic E-state index is 0. The van der Waals surface area contributed by atoms with Crippen LogP contribution in [0, 0.1) is 19.3 Å². The van der Waals surface area contributed by atoms with E-state index in [4.69, 9.17) is 0 Å². The van der Waals surface area contributed by atoms with Crippen LogP contribution < -0.4 is 18.9 Å². The summed E-state index contributed by atoms with van der Waals surface area (Å²) < 4.78 is 0. The second kappa shape index (κ2) is 13.7. The topological polar surface area (TPSA) is 0 Å². The Morgan fingerprint density at radius 2 is 1.27 bits per heavy atom. The van der Waals surface area contributed by atoms with Crippen LogP contribution in [0.3, 0.4) is 0 Å². The van der Waals surface area contributed by atoms with E-state index in [1.807, 2.05) is 0 Å². The second-order valence-electron chi connectivity index (χ2n) is 3.41. The van der Waals surface area contributed by atoms with Gasteiger partial charge in [-0.1, -0.05) is 34.1 Å². The van der Waals surface area contributed by atoms with Gasteiger partial charge in [0.05, 0.1) is 0 Å². The van der Waals surface area contributed by atoms with Crippen molar-refractivity contribution in [1.82, 2.24) is 0 Å². The van der Waals surface area contributed by atoms with E-state index in [0.29, 0.717) is 0 Å². The van der Waals surface area contributed by atoms with Crippen LogP contribution in [-0.2, 0) is 17.1 Å². The maximum atomic E-state index is 3.77. The molecule has 0 aliphatic carbocycles. The SMILES string of the molecule is [CH2-]C(C)(C)C.[CH2-]CCC.[Cu+].[Li+]. The molecule has 0 heterocycles. The minimum Gasteiger partial charge on any atom is -0.343 e. The van der Waals surface area contributed by atoms with E-state index < -0.39 is 0 Å². The monoisotopic (exact) mass is 198 g/mol. The standard InChI is InChI=1S/C5H11.C4H9.Cu.Li/c1-5(2,3)4;1-3-4-2;;/h1H2,2-4H3;1,3-4H2,2H3;;/q2*-1;2*+1. The van der Waals surface area contributed by atoms with E-state index in [9.17, 15) is 0 Å². The van der Waals surface area contributed by atoms with Gasteiger partial charge in [0.25, 0.3) is 0 Å². The summed E-state index contributed by atoms with van der Waals surface area (Å²) in [4.78, 5) is 0.